The first-order valence-electron chi connectivity index (χ1n) is 6.41. The van der Waals surface area contributed by atoms with Gasteiger partial charge in [-0.3, -0.25) is 0 Å². The van der Waals surface area contributed by atoms with Crippen LogP contribution in [0.15, 0.2) is 18.2 Å². The molecule has 3 N–H and O–H groups in total. The summed E-state index contributed by atoms with van der Waals surface area (Å²) < 4.78 is 0. The Morgan fingerprint density at radius 1 is 1.29 bits per heavy atom. The van der Waals surface area contributed by atoms with E-state index in [1.165, 1.54) is 31.2 Å². The largest absolute Gasteiger partial charge is 0.385 e. The van der Waals surface area contributed by atoms with E-state index in [2.05, 4.69) is 18.3 Å². The molecule has 1 aliphatic rings. The number of nitrogens with two attached hydrogens (primary N) is 1. The van der Waals surface area contributed by atoms with Crippen LogP contribution in [0.25, 0.3) is 0 Å². The highest BCUT2D eigenvalue weighted by atomic mass is 35.5. The van der Waals surface area contributed by atoms with Gasteiger partial charge in [0, 0.05) is 23.3 Å². The molecule has 0 heterocycles. The highest BCUT2D eigenvalue weighted by Gasteiger charge is 2.18. The van der Waals surface area contributed by atoms with Crippen molar-refractivity contribution in [2.75, 3.05) is 11.9 Å². The molecule has 1 aromatic rings. The Kier molecular flexibility index (Phi) is 4.30. The van der Waals surface area contributed by atoms with Gasteiger partial charge in [-0.05, 0) is 56.2 Å². The fourth-order valence-electron chi connectivity index (χ4n) is 2.43. The van der Waals surface area contributed by atoms with Gasteiger partial charge in [0.05, 0.1) is 0 Å². The van der Waals surface area contributed by atoms with Crippen LogP contribution < -0.4 is 11.1 Å². The maximum Gasteiger partial charge on any atom is 0.0426 e. The normalized spacial score (nSPS) is 24.6. The molecule has 0 atom stereocenters. The Bertz CT molecular complexity index is 370. The summed E-state index contributed by atoms with van der Waals surface area (Å²) in [7, 11) is 0. The van der Waals surface area contributed by atoms with Crippen molar-refractivity contribution in [3.63, 3.8) is 0 Å². The molecule has 0 bridgehead atoms. The number of anilines is 1. The number of halogens is 1. The van der Waals surface area contributed by atoms with Crippen molar-refractivity contribution in [1.82, 2.24) is 0 Å². The van der Waals surface area contributed by atoms with Gasteiger partial charge in [0.2, 0.25) is 0 Å². The van der Waals surface area contributed by atoms with Crippen LogP contribution in [0.4, 0.5) is 5.69 Å². The van der Waals surface area contributed by atoms with E-state index < -0.39 is 0 Å². The molecular weight excluding hydrogens is 232 g/mol. The van der Waals surface area contributed by atoms with Gasteiger partial charge in [-0.25, -0.2) is 0 Å². The van der Waals surface area contributed by atoms with E-state index in [4.69, 9.17) is 17.3 Å². The van der Waals surface area contributed by atoms with Gasteiger partial charge in [-0.15, -0.1) is 0 Å². The number of hydrogen-bond donors (Lipinski definition) is 2. The van der Waals surface area contributed by atoms with Crippen LogP contribution in [0.1, 0.15) is 31.2 Å². The molecule has 1 aliphatic carbocycles. The molecule has 3 heteroatoms. The fraction of sp³-hybridized carbons (Fsp3) is 0.571. The SMILES string of the molecule is Cc1ccc(Cl)cc1NCC1CCC(N)CC1. The van der Waals surface area contributed by atoms with Gasteiger partial charge < -0.3 is 11.1 Å². The average molecular weight is 253 g/mol. The lowest BCUT2D eigenvalue weighted by Crippen LogP contribution is -2.29. The zero-order valence-electron chi connectivity index (χ0n) is 10.4. The second kappa shape index (κ2) is 5.74. The molecule has 0 unspecified atom stereocenters. The summed E-state index contributed by atoms with van der Waals surface area (Å²) in [5.41, 5.74) is 8.32. The minimum Gasteiger partial charge on any atom is -0.385 e. The Labute approximate surface area is 109 Å². The number of benzene rings is 1. The molecule has 0 spiro atoms. The van der Waals surface area contributed by atoms with E-state index in [1.54, 1.807) is 0 Å². The van der Waals surface area contributed by atoms with Gasteiger partial charge in [-0.2, -0.15) is 0 Å². The maximum atomic E-state index is 6.00. The second-order valence-electron chi connectivity index (χ2n) is 5.12. The lowest BCUT2D eigenvalue weighted by molar-refractivity contribution is 0.339. The zero-order valence-corrected chi connectivity index (χ0v) is 11.1. The van der Waals surface area contributed by atoms with Crippen LogP contribution in [-0.4, -0.2) is 12.6 Å². The van der Waals surface area contributed by atoms with Crippen molar-refractivity contribution in [3.05, 3.63) is 28.8 Å². The second-order valence-corrected chi connectivity index (χ2v) is 5.56. The molecule has 1 aromatic carbocycles. The van der Waals surface area contributed by atoms with Gasteiger partial charge in [-0.1, -0.05) is 17.7 Å². The predicted octanol–water partition coefficient (Wildman–Crippen LogP) is 3.58. The Hall–Kier alpha value is -0.730. The number of nitrogens with one attached hydrogen (secondary N) is 1. The summed E-state index contributed by atoms with van der Waals surface area (Å²) >= 11 is 6.00. The van der Waals surface area contributed by atoms with E-state index in [-0.39, 0.29) is 0 Å². The standard InChI is InChI=1S/C14H21ClN2/c1-10-2-5-12(15)8-14(10)17-9-11-3-6-13(16)7-4-11/h2,5,8,11,13,17H,3-4,6-7,9,16H2,1H3. The molecule has 94 valence electrons. The highest BCUT2D eigenvalue weighted by molar-refractivity contribution is 6.30. The molecule has 2 rings (SSSR count). The van der Waals surface area contributed by atoms with Gasteiger partial charge in [0.1, 0.15) is 0 Å². The molecule has 0 aromatic heterocycles. The highest BCUT2D eigenvalue weighted by Crippen LogP contribution is 2.25. The first kappa shape index (κ1) is 12.7. The van der Waals surface area contributed by atoms with Crippen molar-refractivity contribution in [3.8, 4) is 0 Å². The molecule has 1 fully saturated rings. The van der Waals surface area contributed by atoms with E-state index in [1.807, 2.05) is 12.1 Å². The van der Waals surface area contributed by atoms with Crippen molar-refractivity contribution in [2.45, 2.75) is 38.6 Å². The summed E-state index contributed by atoms with van der Waals surface area (Å²) in [6.45, 7) is 3.14. The lowest BCUT2D eigenvalue weighted by atomic mass is 9.86. The summed E-state index contributed by atoms with van der Waals surface area (Å²) in [5, 5.41) is 4.31. The lowest BCUT2D eigenvalue weighted by Gasteiger charge is -2.26. The Balaban J connectivity index is 1.87. The molecule has 0 aliphatic heterocycles. The molecule has 0 saturated heterocycles. The third-order valence-electron chi connectivity index (χ3n) is 3.67. The predicted molar refractivity (Wildman–Crippen MR) is 74.6 cm³/mol. The van der Waals surface area contributed by atoms with E-state index in [0.29, 0.717) is 6.04 Å². The Morgan fingerprint density at radius 2 is 2.00 bits per heavy atom. The van der Waals surface area contributed by atoms with Gasteiger partial charge in [0.25, 0.3) is 0 Å². The summed E-state index contributed by atoms with van der Waals surface area (Å²) in [6, 6.07) is 6.42. The first-order chi connectivity index (χ1) is 8.15. The monoisotopic (exact) mass is 252 g/mol. The smallest absolute Gasteiger partial charge is 0.0426 e. The van der Waals surface area contributed by atoms with Crippen molar-refractivity contribution in [1.29, 1.82) is 0 Å². The van der Waals surface area contributed by atoms with Crippen LogP contribution in [-0.2, 0) is 0 Å². The van der Waals surface area contributed by atoms with Crippen molar-refractivity contribution >= 4 is 17.3 Å². The molecular formula is C14H21ClN2. The third kappa shape index (κ3) is 3.62. The quantitative estimate of drug-likeness (QED) is 0.863. The molecule has 2 nitrogen and oxygen atoms in total. The van der Waals surface area contributed by atoms with E-state index >= 15 is 0 Å². The number of rotatable bonds is 3. The summed E-state index contributed by atoms with van der Waals surface area (Å²) in [6.07, 6.45) is 4.82. The minimum absolute atomic E-state index is 0.430. The zero-order chi connectivity index (χ0) is 12.3. The topological polar surface area (TPSA) is 38.0 Å². The first-order valence-corrected chi connectivity index (χ1v) is 6.78. The third-order valence-corrected chi connectivity index (χ3v) is 3.91. The van der Waals surface area contributed by atoms with Crippen LogP contribution in [0.3, 0.4) is 0 Å². The minimum atomic E-state index is 0.430. The fourth-order valence-corrected chi connectivity index (χ4v) is 2.60. The van der Waals surface area contributed by atoms with Crippen LogP contribution in [0.2, 0.25) is 5.02 Å². The van der Waals surface area contributed by atoms with Crippen molar-refractivity contribution < 1.29 is 0 Å². The average Bonchev–Trinajstić information content (AvgIpc) is 2.32. The maximum absolute atomic E-state index is 6.00. The van der Waals surface area contributed by atoms with Crippen LogP contribution in [0.5, 0.6) is 0 Å². The molecule has 17 heavy (non-hydrogen) atoms. The number of aryl methyl sites for hydroxylation is 1. The van der Waals surface area contributed by atoms with Crippen LogP contribution >= 0.6 is 11.6 Å². The van der Waals surface area contributed by atoms with Crippen molar-refractivity contribution in [2.24, 2.45) is 11.7 Å². The molecule has 1 saturated carbocycles. The Morgan fingerprint density at radius 3 is 2.71 bits per heavy atom. The summed E-state index contributed by atoms with van der Waals surface area (Å²) in [4.78, 5) is 0. The van der Waals surface area contributed by atoms with Gasteiger partial charge in [0.15, 0.2) is 0 Å². The van der Waals surface area contributed by atoms with Gasteiger partial charge >= 0.3 is 0 Å². The molecule has 0 amide bonds. The van der Waals surface area contributed by atoms with Crippen LogP contribution in [0, 0.1) is 12.8 Å². The van der Waals surface area contributed by atoms with E-state index in [9.17, 15) is 0 Å². The summed E-state index contributed by atoms with van der Waals surface area (Å²) in [5.74, 6) is 0.758. The number of hydrogen-bond acceptors (Lipinski definition) is 2. The molecule has 0 radical (unpaired) electrons. The van der Waals surface area contributed by atoms with E-state index in [0.717, 1.165) is 23.2 Å².